The molecule has 0 bridgehead atoms. The van der Waals surface area contributed by atoms with Crippen LogP contribution in [0.4, 0.5) is 13.2 Å². The Labute approximate surface area is 191 Å². The van der Waals surface area contributed by atoms with Gasteiger partial charge in [-0.25, -0.2) is 0 Å². The van der Waals surface area contributed by atoms with E-state index >= 15 is 0 Å². The lowest BCUT2D eigenvalue weighted by Crippen LogP contribution is -2.46. The summed E-state index contributed by atoms with van der Waals surface area (Å²) in [5.41, 5.74) is -0.146. The molecule has 1 N–H and O–H groups in total. The van der Waals surface area contributed by atoms with Crippen LogP contribution in [0.15, 0.2) is 36.4 Å². The Morgan fingerprint density at radius 1 is 1.12 bits per heavy atom. The van der Waals surface area contributed by atoms with Crippen LogP contribution in [0.25, 0.3) is 11.1 Å². The second kappa shape index (κ2) is 9.53. The zero-order valence-electron chi connectivity index (χ0n) is 18.7. The molecule has 0 saturated heterocycles. The van der Waals surface area contributed by atoms with E-state index in [4.69, 9.17) is 11.6 Å². The molecule has 0 radical (unpaired) electrons. The molecular weight excluding hydrogens is 443 g/mol. The molecule has 2 rings (SSSR count). The first-order valence-corrected chi connectivity index (χ1v) is 10.7. The summed E-state index contributed by atoms with van der Waals surface area (Å²) >= 11 is 6.26. The molecule has 0 heterocycles. The van der Waals surface area contributed by atoms with Crippen LogP contribution >= 0.6 is 11.6 Å². The summed E-state index contributed by atoms with van der Waals surface area (Å²) in [6.45, 7) is 8.53. The second-order valence-electron chi connectivity index (χ2n) is 7.98. The van der Waals surface area contributed by atoms with E-state index in [1.165, 1.54) is 30.9 Å². The van der Waals surface area contributed by atoms with Crippen molar-refractivity contribution in [1.82, 2.24) is 4.90 Å². The predicted octanol–water partition coefficient (Wildman–Crippen LogP) is 6.71. The average molecular weight is 470 g/mol. The third-order valence-corrected chi connectivity index (χ3v) is 6.23. The molecule has 0 fully saturated rings. The fourth-order valence-electron chi connectivity index (χ4n) is 4.02. The average Bonchev–Trinajstić information content (AvgIpc) is 2.71. The van der Waals surface area contributed by atoms with Gasteiger partial charge in [0.1, 0.15) is 0 Å². The van der Waals surface area contributed by atoms with Crippen molar-refractivity contribution < 1.29 is 27.9 Å². The number of rotatable bonds is 7. The summed E-state index contributed by atoms with van der Waals surface area (Å²) in [7, 11) is 0. The van der Waals surface area contributed by atoms with Gasteiger partial charge < -0.3 is 10.0 Å². The van der Waals surface area contributed by atoms with Crippen LogP contribution in [-0.2, 0) is 21.3 Å². The van der Waals surface area contributed by atoms with E-state index in [0.29, 0.717) is 35.2 Å². The maximum atomic E-state index is 13.6. The summed E-state index contributed by atoms with van der Waals surface area (Å²) in [6, 6.07) is 8.16. The van der Waals surface area contributed by atoms with Crippen molar-refractivity contribution >= 4 is 23.5 Å². The van der Waals surface area contributed by atoms with Gasteiger partial charge >= 0.3 is 12.1 Å². The molecule has 0 aliphatic rings. The zero-order chi connectivity index (χ0) is 24.4. The number of carbonyl (C=O) groups is 2. The van der Waals surface area contributed by atoms with Crippen molar-refractivity contribution in [2.24, 2.45) is 0 Å². The van der Waals surface area contributed by atoms with Crippen LogP contribution in [0.5, 0.6) is 0 Å². The third-order valence-electron chi connectivity index (χ3n) is 6.01. The molecule has 0 aromatic heterocycles. The Morgan fingerprint density at radius 3 is 2.22 bits per heavy atom. The Kier molecular flexibility index (Phi) is 7.66. The van der Waals surface area contributed by atoms with Gasteiger partial charge in [-0.3, -0.25) is 9.59 Å². The molecular formula is C24H27ClF3NO3. The number of hydrogen-bond acceptors (Lipinski definition) is 2. The Hall–Kier alpha value is -2.54. The van der Waals surface area contributed by atoms with Crippen molar-refractivity contribution in [2.45, 2.75) is 58.7 Å². The SMILES string of the molecule is CCN(C(C)=O)C(C)(CC)c1cc(C(F)(F)F)ccc1-c1cc(Cl)cc(C(C)C(=O)O)c1. The predicted molar refractivity (Wildman–Crippen MR) is 119 cm³/mol. The number of carboxylic acid groups (broad SMARTS) is 1. The van der Waals surface area contributed by atoms with E-state index < -0.39 is 29.2 Å². The maximum Gasteiger partial charge on any atom is 0.416 e. The number of carboxylic acids is 1. The number of hydrogen-bond donors (Lipinski definition) is 1. The minimum Gasteiger partial charge on any atom is -0.481 e. The van der Waals surface area contributed by atoms with Crippen LogP contribution in [0.3, 0.4) is 0 Å². The molecule has 0 aliphatic carbocycles. The molecule has 2 aromatic rings. The molecule has 2 unspecified atom stereocenters. The number of amides is 1. The highest BCUT2D eigenvalue weighted by Gasteiger charge is 2.38. The summed E-state index contributed by atoms with van der Waals surface area (Å²) in [4.78, 5) is 25.4. The number of alkyl halides is 3. The largest absolute Gasteiger partial charge is 0.481 e. The first kappa shape index (κ1) is 25.7. The number of carbonyl (C=O) groups excluding carboxylic acids is 1. The number of halogens is 4. The quantitative estimate of drug-likeness (QED) is 0.490. The molecule has 8 heteroatoms. The van der Waals surface area contributed by atoms with Crippen LogP contribution in [-0.4, -0.2) is 28.4 Å². The molecule has 174 valence electrons. The van der Waals surface area contributed by atoms with Crippen molar-refractivity contribution in [1.29, 1.82) is 0 Å². The van der Waals surface area contributed by atoms with Gasteiger partial charge in [0.15, 0.2) is 0 Å². The van der Waals surface area contributed by atoms with Crippen LogP contribution in [0.1, 0.15) is 63.6 Å². The summed E-state index contributed by atoms with van der Waals surface area (Å²) in [5.74, 6) is -2.16. The van der Waals surface area contributed by atoms with E-state index in [1.54, 1.807) is 26.0 Å². The van der Waals surface area contributed by atoms with E-state index in [2.05, 4.69) is 0 Å². The van der Waals surface area contributed by atoms with E-state index in [1.807, 2.05) is 6.92 Å². The molecule has 2 aromatic carbocycles. The molecule has 0 saturated carbocycles. The highest BCUT2D eigenvalue weighted by molar-refractivity contribution is 6.31. The van der Waals surface area contributed by atoms with Gasteiger partial charge in [-0.05, 0) is 73.7 Å². The zero-order valence-corrected chi connectivity index (χ0v) is 19.4. The van der Waals surface area contributed by atoms with Crippen molar-refractivity contribution in [3.05, 3.63) is 58.1 Å². The summed E-state index contributed by atoms with van der Waals surface area (Å²) in [5, 5.41) is 9.66. The number of benzene rings is 2. The summed E-state index contributed by atoms with van der Waals surface area (Å²) in [6.07, 6.45) is -4.19. The van der Waals surface area contributed by atoms with Gasteiger partial charge in [0.2, 0.25) is 5.91 Å². The minimum atomic E-state index is -4.56. The van der Waals surface area contributed by atoms with Gasteiger partial charge in [0.25, 0.3) is 0 Å². The van der Waals surface area contributed by atoms with Crippen LogP contribution < -0.4 is 0 Å². The molecule has 2 atom stereocenters. The Morgan fingerprint density at radius 2 is 1.75 bits per heavy atom. The van der Waals surface area contributed by atoms with Crippen LogP contribution in [0.2, 0.25) is 5.02 Å². The molecule has 32 heavy (non-hydrogen) atoms. The lowest BCUT2D eigenvalue weighted by molar-refractivity contribution is -0.139. The third kappa shape index (κ3) is 5.09. The van der Waals surface area contributed by atoms with E-state index in [-0.39, 0.29) is 10.9 Å². The molecule has 1 amide bonds. The smallest absolute Gasteiger partial charge is 0.416 e. The van der Waals surface area contributed by atoms with Gasteiger partial charge in [0.05, 0.1) is 17.0 Å². The highest BCUT2D eigenvalue weighted by atomic mass is 35.5. The van der Waals surface area contributed by atoms with Crippen molar-refractivity contribution in [3.63, 3.8) is 0 Å². The molecule has 0 aliphatic heterocycles. The van der Waals surface area contributed by atoms with E-state index in [9.17, 15) is 27.9 Å². The van der Waals surface area contributed by atoms with Crippen LogP contribution in [0, 0.1) is 0 Å². The minimum absolute atomic E-state index is 0.258. The first-order valence-electron chi connectivity index (χ1n) is 10.3. The number of aliphatic carboxylic acids is 1. The first-order chi connectivity index (χ1) is 14.8. The topological polar surface area (TPSA) is 57.6 Å². The van der Waals surface area contributed by atoms with Crippen molar-refractivity contribution in [2.75, 3.05) is 6.54 Å². The number of nitrogens with zero attached hydrogens (tertiary/aromatic N) is 1. The standard InChI is InChI=1S/C24H27ClF3NO3/c1-6-23(5,29(7-2)15(4)30)21-13-18(24(26,27)28)8-9-20(21)17-10-16(11-19(25)12-17)14(3)22(31)32/h8-14H,6-7H2,1-5H3,(H,31,32). The van der Waals surface area contributed by atoms with Gasteiger partial charge in [0, 0.05) is 18.5 Å². The normalized spacial score (nSPS) is 14.5. The fourth-order valence-corrected chi connectivity index (χ4v) is 4.27. The highest BCUT2D eigenvalue weighted by Crippen LogP contribution is 2.42. The Bertz CT molecular complexity index is 1020. The lowest BCUT2D eigenvalue weighted by atomic mass is 9.80. The second-order valence-corrected chi connectivity index (χ2v) is 8.42. The fraction of sp³-hybridized carbons (Fsp3) is 0.417. The molecule has 4 nitrogen and oxygen atoms in total. The summed E-state index contributed by atoms with van der Waals surface area (Å²) < 4.78 is 40.8. The van der Waals surface area contributed by atoms with Gasteiger partial charge in [-0.1, -0.05) is 30.7 Å². The maximum absolute atomic E-state index is 13.6. The van der Waals surface area contributed by atoms with Gasteiger partial charge in [-0.2, -0.15) is 13.2 Å². The lowest BCUT2D eigenvalue weighted by Gasteiger charge is -2.42. The van der Waals surface area contributed by atoms with Gasteiger partial charge in [-0.15, -0.1) is 0 Å². The molecule has 0 spiro atoms. The van der Waals surface area contributed by atoms with E-state index in [0.717, 1.165) is 12.1 Å². The monoisotopic (exact) mass is 469 g/mol. The van der Waals surface area contributed by atoms with Crippen molar-refractivity contribution in [3.8, 4) is 11.1 Å². The Balaban J connectivity index is 2.88.